The number of aliphatic hydroxyl groups is 1. The van der Waals surface area contributed by atoms with Gasteiger partial charge >= 0.3 is 0 Å². The van der Waals surface area contributed by atoms with Crippen LogP contribution in [0, 0.1) is 5.92 Å². The number of aromatic nitrogens is 1. The number of carbonyl (C=O) groups is 1. The Morgan fingerprint density at radius 2 is 2.35 bits per heavy atom. The van der Waals surface area contributed by atoms with Crippen molar-refractivity contribution in [3.05, 3.63) is 23.9 Å². The zero-order chi connectivity index (χ0) is 14.1. The molecule has 5 heteroatoms. The molecule has 2 fully saturated rings. The standard InChI is InChI=1S/C15H21N3O2/c1-10(19)12-3-2-7-16-15(12)18-8-6-13-11(9-18)4-5-14(20)17-13/h2-3,7,10-11,13,19H,4-6,8-9H2,1H3,(H,17,20). The number of anilines is 1. The summed E-state index contributed by atoms with van der Waals surface area (Å²) < 4.78 is 0. The summed E-state index contributed by atoms with van der Waals surface area (Å²) in [5.41, 5.74) is 0.880. The van der Waals surface area contributed by atoms with Gasteiger partial charge in [-0.2, -0.15) is 0 Å². The molecule has 1 amide bonds. The Hall–Kier alpha value is -1.62. The molecule has 20 heavy (non-hydrogen) atoms. The highest BCUT2D eigenvalue weighted by Gasteiger charge is 2.34. The van der Waals surface area contributed by atoms with E-state index in [2.05, 4.69) is 15.2 Å². The second-order valence-corrected chi connectivity index (χ2v) is 5.80. The van der Waals surface area contributed by atoms with E-state index in [4.69, 9.17) is 0 Å². The van der Waals surface area contributed by atoms with Crippen LogP contribution in [-0.2, 0) is 4.79 Å². The van der Waals surface area contributed by atoms with Crippen LogP contribution in [0.4, 0.5) is 5.82 Å². The number of piperidine rings is 2. The fraction of sp³-hybridized carbons (Fsp3) is 0.600. The number of carbonyl (C=O) groups excluding carboxylic acids is 1. The predicted octanol–water partition coefficient (Wildman–Crippen LogP) is 1.24. The van der Waals surface area contributed by atoms with E-state index in [1.54, 1.807) is 13.1 Å². The van der Waals surface area contributed by atoms with Crippen LogP contribution in [0.1, 0.15) is 37.9 Å². The fourth-order valence-electron chi connectivity index (χ4n) is 3.30. The molecule has 3 heterocycles. The summed E-state index contributed by atoms with van der Waals surface area (Å²) >= 11 is 0. The Morgan fingerprint density at radius 1 is 1.50 bits per heavy atom. The van der Waals surface area contributed by atoms with Crippen LogP contribution in [-0.4, -0.2) is 35.1 Å². The number of fused-ring (bicyclic) bond motifs is 1. The van der Waals surface area contributed by atoms with Gasteiger partial charge in [0.15, 0.2) is 0 Å². The van der Waals surface area contributed by atoms with Crippen molar-refractivity contribution in [3.8, 4) is 0 Å². The maximum Gasteiger partial charge on any atom is 0.220 e. The molecule has 2 N–H and O–H groups in total. The van der Waals surface area contributed by atoms with Crippen molar-refractivity contribution < 1.29 is 9.90 Å². The molecule has 2 aliphatic rings. The molecule has 0 saturated carbocycles. The molecule has 2 saturated heterocycles. The Labute approximate surface area is 119 Å². The molecular formula is C15H21N3O2. The average Bonchev–Trinajstić information content (AvgIpc) is 2.46. The highest BCUT2D eigenvalue weighted by Crippen LogP contribution is 2.31. The molecule has 0 bridgehead atoms. The van der Waals surface area contributed by atoms with E-state index in [9.17, 15) is 9.90 Å². The van der Waals surface area contributed by atoms with E-state index >= 15 is 0 Å². The zero-order valence-corrected chi connectivity index (χ0v) is 11.7. The van der Waals surface area contributed by atoms with E-state index in [1.807, 2.05) is 12.1 Å². The van der Waals surface area contributed by atoms with E-state index in [0.29, 0.717) is 18.4 Å². The first-order valence-electron chi connectivity index (χ1n) is 7.32. The van der Waals surface area contributed by atoms with Crippen molar-refractivity contribution in [1.82, 2.24) is 10.3 Å². The number of hydrogen-bond donors (Lipinski definition) is 2. The molecule has 5 nitrogen and oxygen atoms in total. The van der Waals surface area contributed by atoms with Gasteiger partial charge in [0.2, 0.25) is 5.91 Å². The van der Waals surface area contributed by atoms with Gasteiger partial charge < -0.3 is 15.3 Å². The number of amides is 1. The van der Waals surface area contributed by atoms with E-state index in [0.717, 1.165) is 37.3 Å². The largest absolute Gasteiger partial charge is 0.389 e. The van der Waals surface area contributed by atoms with Gasteiger partial charge in [0.05, 0.1) is 6.10 Å². The molecule has 0 spiro atoms. The molecule has 3 atom stereocenters. The smallest absolute Gasteiger partial charge is 0.220 e. The van der Waals surface area contributed by atoms with Crippen LogP contribution in [0.2, 0.25) is 0 Å². The summed E-state index contributed by atoms with van der Waals surface area (Å²) in [5.74, 6) is 1.56. The summed E-state index contributed by atoms with van der Waals surface area (Å²) in [4.78, 5) is 18.1. The Bertz CT molecular complexity index is 504. The number of hydrogen-bond acceptors (Lipinski definition) is 4. The summed E-state index contributed by atoms with van der Waals surface area (Å²) in [6, 6.07) is 4.10. The predicted molar refractivity (Wildman–Crippen MR) is 76.4 cm³/mol. The third kappa shape index (κ3) is 2.50. The Morgan fingerprint density at radius 3 is 3.15 bits per heavy atom. The Balaban J connectivity index is 1.78. The molecule has 0 aliphatic carbocycles. The zero-order valence-electron chi connectivity index (χ0n) is 11.7. The minimum Gasteiger partial charge on any atom is -0.389 e. The third-order valence-electron chi connectivity index (χ3n) is 4.39. The van der Waals surface area contributed by atoms with Gasteiger partial charge in [0.1, 0.15) is 5.82 Å². The van der Waals surface area contributed by atoms with Gasteiger partial charge in [-0.05, 0) is 31.7 Å². The van der Waals surface area contributed by atoms with Gasteiger partial charge in [0.25, 0.3) is 0 Å². The van der Waals surface area contributed by atoms with Crippen LogP contribution < -0.4 is 10.2 Å². The van der Waals surface area contributed by atoms with Crippen LogP contribution in [0.15, 0.2) is 18.3 Å². The number of pyridine rings is 1. The third-order valence-corrected chi connectivity index (χ3v) is 4.39. The highest BCUT2D eigenvalue weighted by molar-refractivity contribution is 5.77. The lowest BCUT2D eigenvalue weighted by atomic mass is 9.85. The molecule has 0 radical (unpaired) electrons. The summed E-state index contributed by atoms with van der Waals surface area (Å²) in [6.45, 7) is 3.55. The minimum absolute atomic E-state index is 0.183. The number of nitrogens with zero attached hydrogens (tertiary/aromatic N) is 2. The lowest BCUT2D eigenvalue weighted by Crippen LogP contribution is -2.54. The summed E-state index contributed by atoms with van der Waals surface area (Å²) in [5, 5.41) is 13.0. The van der Waals surface area contributed by atoms with Gasteiger partial charge in [0, 0.05) is 37.3 Å². The molecule has 3 rings (SSSR count). The van der Waals surface area contributed by atoms with Gasteiger partial charge in [-0.25, -0.2) is 4.98 Å². The van der Waals surface area contributed by atoms with Gasteiger partial charge in [-0.15, -0.1) is 0 Å². The van der Waals surface area contributed by atoms with Crippen molar-refractivity contribution in [2.45, 2.75) is 38.3 Å². The van der Waals surface area contributed by atoms with Crippen molar-refractivity contribution in [2.24, 2.45) is 5.92 Å². The first-order chi connectivity index (χ1) is 9.65. The lowest BCUT2D eigenvalue weighted by Gasteiger charge is -2.42. The second-order valence-electron chi connectivity index (χ2n) is 5.80. The molecular weight excluding hydrogens is 254 g/mol. The summed E-state index contributed by atoms with van der Waals surface area (Å²) in [7, 11) is 0. The first-order valence-corrected chi connectivity index (χ1v) is 7.32. The molecule has 2 aliphatic heterocycles. The van der Waals surface area contributed by atoms with Crippen molar-refractivity contribution in [1.29, 1.82) is 0 Å². The van der Waals surface area contributed by atoms with Crippen molar-refractivity contribution in [2.75, 3.05) is 18.0 Å². The molecule has 1 aromatic heterocycles. The SMILES string of the molecule is CC(O)c1cccnc1N1CCC2NC(=O)CCC2C1. The average molecular weight is 275 g/mol. The minimum atomic E-state index is -0.512. The van der Waals surface area contributed by atoms with E-state index in [1.165, 1.54) is 0 Å². The normalized spacial score (nSPS) is 27.7. The van der Waals surface area contributed by atoms with Crippen LogP contribution in [0.25, 0.3) is 0 Å². The van der Waals surface area contributed by atoms with Crippen LogP contribution >= 0.6 is 0 Å². The maximum absolute atomic E-state index is 11.4. The number of rotatable bonds is 2. The van der Waals surface area contributed by atoms with E-state index < -0.39 is 6.10 Å². The summed E-state index contributed by atoms with van der Waals surface area (Å²) in [6.07, 6.45) is 3.79. The molecule has 108 valence electrons. The highest BCUT2D eigenvalue weighted by atomic mass is 16.3. The first kappa shape index (κ1) is 13.4. The monoisotopic (exact) mass is 275 g/mol. The topological polar surface area (TPSA) is 65.5 Å². The number of aliphatic hydroxyl groups excluding tert-OH is 1. The molecule has 0 aromatic carbocycles. The van der Waals surface area contributed by atoms with Crippen LogP contribution in [0.3, 0.4) is 0 Å². The van der Waals surface area contributed by atoms with Gasteiger partial charge in [-0.1, -0.05) is 6.07 Å². The quantitative estimate of drug-likeness (QED) is 0.852. The maximum atomic E-state index is 11.4. The number of nitrogens with one attached hydrogen (secondary N) is 1. The lowest BCUT2D eigenvalue weighted by molar-refractivity contribution is -0.124. The Kier molecular flexibility index (Phi) is 3.61. The van der Waals surface area contributed by atoms with Crippen molar-refractivity contribution in [3.63, 3.8) is 0 Å². The molecule has 1 aromatic rings. The molecule has 3 unspecified atom stereocenters. The second kappa shape index (κ2) is 5.40. The fourth-order valence-corrected chi connectivity index (χ4v) is 3.30. The van der Waals surface area contributed by atoms with E-state index in [-0.39, 0.29) is 5.91 Å². The van der Waals surface area contributed by atoms with Crippen molar-refractivity contribution >= 4 is 11.7 Å². The van der Waals surface area contributed by atoms with Gasteiger partial charge in [-0.3, -0.25) is 4.79 Å². The van der Waals surface area contributed by atoms with Crippen LogP contribution in [0.5, 0.6) is 0 Å².